The third kappa shape index (κ3) is 4.71. The summed E-state index contributed by atoms with van der Waals surface area (Å²) in [5.74, 6) is 0.346. The molecule has 1 aliphatic carbocycles. The first kappa shape index (κ1) is 19.0. The number of hydrogen-bond acceptors (Lipinski definition) is 5. The van der Waals surface area contributed by atoms with Gasteiger partial charge in [0.15, 0.2) is 0 Å². The fourth-order valence-electron chi connectivity index (χ4n) is 4.02. The summed E-state index contributed by atoms with van der Waals surface area (Å²) in [6.45, 7) is 2.65. The van der Waals surface area contributed by atoms with Crippen molar-refractivity contribution in [3.63, 3.8) is 0 Å². The molecule has 8 nitrogen and oxygen atoms in total. The van der Waals surface area contributed by atoms with Crippen LogP contribution < -0.4 is 11.1 Å². The van der Waals surface area contributed by atoms with E-state index in [1.165, 1.54) is 8.61 Å². The van der Waals surface area contributed by atoms with E-state index in [1.54, 1.807) is 0 Å². The van der Waals surface area contributed by atoms with Gasteiger partial charge in [-0.1, -0.05) is 6.42 Å². The minimum atomic E-state index is -3.41. The van der Waals surface area contributed by atoms with E-state index in [4.69, 9.17) is 10.5 Å². The number of amides is 1. The molecule has 1 saturated carbocycles. The van der Waals surface area contributed by atoms with Crippen LogP contribution in [0.4, 0.5) is 0 Å². The summed E-state index contributed by atoms with van der Waals surface area (Å²) in [6, 6.07) is 0.201. The molecule has 3 aliphatic rings. The summed E-state index contributed by atoms with van der Waals surface area (Å²) in [5.41, 5.74) is 6.03. The van der Waals surface area contributed by atoms with Crippen LogP contribution in [-0.4, -0.2) is 74.4 Å². The maximum Gasteiger partial charge on any atom is 0.282 e. The Morgan fingerprint density at radius 1 is 1.04 bits per heavy atom. The molecule has 0 unspecified atom stereocenters. The minimum absolute atomic E-state index is 0.0526. The SMILES string of the molecule is N[C@@H]1CCC[C@H]1CC(=O)NC1CCN(S(=O)(=O)N2CCOCC2)CC1. The molecule has 0 radical (unpaired) electrons. The van der Waals surface area contributed by atoms with Crippen LogP contribution in [0.5, 0.6) is 0 Å². The van der Waals surface area contributed by atoms with Crippen LogP contribution in [0.1, 0.15) is 38.5 Å². The summed E-state index contributed by atoms with van der Waals surface area (Å²) in [7, 11) is -3.41. The van der Waals surface area contributed by atoms with Crippen LogP contribution in [0, 0.1) is 5.92 Å². The van der Waals surface area contributed by atoms with Crippen LogP contribution >= 0.6 is 0 Å². The van der Waals surface area contributed by atoms with Crippen LogP contribution in [0.3, 0.4) is 0 Å². The third-order valence-electron chi connectivity index (χ3n) is 5.61. The van der Waals surface area contributed by atoms with E-state index in [1.807, 2.05) is 0 Å². The van der Waals surface area contributed by atoms with E-state index in [9.17, 15) is 13.2 Å². The molecular weight excluding hydrogens is 344 g/mol. The van der Waals surface area contributed by atoms with E-state index >= 15 is 0 Å². The monoisotopic (exact) mass is 374 g/mol. The van der Waals surface area contributed by atoms with Gasteiger partial charge in [-0.15, -0.1) is 0 Å². The highest BCUT2D eigenvalue weighted by molar-refractivity contribution is 7.86. The molecule has 2 aliphatic heterocycles. The van der Waals surface area contributed by atoms with Gasteiger partial charge in [-0.05, 0) is 31.6 Å². The summed E-state index contributed by atoms with van der Waals surface area (Å²) < 4.78 is 33.5. The number of morpholine rings is 1. The van der Waals surface area contributed by atoms with Crippen molar-refractivity contribution in [2.75, 3.05) is 39.4 Å². The van der Waals surface area contributed by atoms with Crippen LogP contribution in [0.25, 0.3) is 0 Å². The van der Waals surface area contributed by atoms with E-state index in [-0.39, 0.29) is 18.0 Å². The largest absolute Gasteiger partial charge is 0.379 e. The van der Waals surface area contributed by atoms with E-state index in [0.717, 1.165) is 19.3 Å². The number of nitrogens with one attached hydrogen (secondary N) is 1. The number of rotatable bonds is 5. The third-order valence-corrected chi connectivity index (χ3v) is 7.64. The predicted molar refractivity (Wildman–Crippen MR) is 94.0 cm³/mol. The fourth-order valence-corrected chi connectivity index (χ4v) is 5.62. The van der Waals surface area contributed by atoms with Gasteiger partial charge in [0.25, 0.3) is 10.2 Å². The molecule has 2 saturated heterocycles. The molecule has 3 rings (SSSR count). The normalized spacial score (nSPS) is 30.4. The van der Waals surface area contributed by atoms with Gasteiger partial charge in [-0.25, -0.2) is 0 Å². The Morgan fingerprint density at radius 3 is 2.28 bits per heavy atom. The molecular formula is C16H30N4O4S. The molecule has 2 heterocycles. The zero-order chi connectivity index (χ0) is 17.9. The smallest absolute Gasteiger partial charge is 0.282 e. The molecule has 1 amide bonds. The number of carbonyl (C=O) groups is 1. The standard InChI is InChI=1S/C16H30N4O4S/c17-15-3-1-2-13(15)12-16(21)18-14-4-6-19(7-5-14)25(22,23)20-8-10-24-11-9-20/h13-15H,1-12,17H2,(H,18,21)/t13-,15+/m0/s1. The lowest BCUT2D eigenvalue weighted by Gasteiger charge is -2.36. The lowest BCUT2D eigenvalue weighted by molar-refractivity contribution is -0.123. The molecule has 144 valence electrons. The van der Waals surface area contributed by atoms with Gasteiger partial charge < -0.3 is 15.8 Å². The Labute approximate surface area is 150 Å². The van der Waals surface area contributed by atoms with Gasteiger partial charge >= 0.3 is 0 Å². The van der Waals surface area contributed by atoms with E-state index in [2.05, 4.69) is 5.32 Å². The maximum atomic E-state index is 12.6. The van der Waals surface area contributed by atoms with Crippen molar-refractivity contribution >= 4 is 16.1 Å². The molecule has 3 fully saturated rings. The van der Waals surface area contributed by atoms with Gasteiger partial charge in [0.2, 0.25) is 5.91 Å². The topological polar surface area (TPSA) is 105 Å². The average molecular weight is 375 g/mol. The van der Waals surface area contributed by atoms with Crippen molar-refractivity contribution in [3.05, 3.63) is 0 Å². The highest BCUT2D eigenvalue weighted by Gasteiger charge is 2.34. The van der Waals surface area contributed by atoms with Crippen LogP contribution in [-0.2, 0) is 19.7 Å². The molecule has 0 aromatic rings. The first-order valence-corrected chi connectivity index (χ1v) is 10.7. The Hall–Kier alpha value is -0.740. The fraction of sp³-hybridized carbons (Fsp3) is 0.938. The lowest BCUT2D eigenvalue weighted by Crippen LogP contribution is -2.53. The van der Waals surface area contributed by atoms with Crippen LogP contribution in [0.2, 0.25) is 0 Å². The maximum absolute atomic E-state index is 12.6. The first-order chi connectivity index (χ1) is 12.0. The highest BCUT2D eigenvalue weighted by Crippen LogP contribution is 2.27. The van der Waals surface area contributed by atoms with E-state index in [0.29, 0.717) is 64.6 Å². The molecule has 0 spiro atoms. The van der Waals surface area contributed by atoms with Gasteiger partial charge in [-0.2, -0.15) is 17.0 Å². The minimum Gasteiger partial charge on any atom is -0.379 e. The number of piperidine rings is 1. The average Bonchev–Trinajstić information content (AvgIpc) is 3.01. The molecule has 3 N–H and O–H groups in total. The van der Waals surface area contributed by atoms with Gasteiger partial charge in [0.1, 0.15) is 0 Å². The first-order valence-electron chi connectivity index (χ1n) is 9.35. The number of nitrogens with zero attached hydrogens (tertiary/aromatic N) is 2. The van der Waals surface area contributed by atoms with Crippen molar-refractivity contribution in [2.24, 2.45) is 11.7 Å². The Balaban J connectivity index is 1.44. The Morgan fingerprint density at radius 2 is 1.68 bits per heavy atom. The number of nitrogens with two attached hydrogens (primary N) is 1. The van der Waals surface area contributed by atoms with Crippen molar-refractivity contribution in [2.45, 2.75) is 50.6 Å². The van der Waals surface area contributed by atoms with Gasteiger partial charge in [0, 0.05) is 44.7 Å². The van der Waals surface area contributed by atoms with Gasteiger partial charge in [0.05, 0.1) is 13.2 Å². The molecule has 0 aromatic heterocycles. The second-order valence-corrected chi connectivity index (χ2v) is 9.25. The second kappa shape index (κ2) is 8.30. The van der Waals surface area contributed by atoms with Gasteiger partial charge in [-0.3, -0.25) is 4.79 Å². The Bertz CT molecular complexity index is 556. The number of carbonyl (C=O) groups excluding carboxylic acids is 1. The lowest BCUT2D eigenvalue weighted by atomic mass is 9.99. The summed E-state index contributed by atoms with van der Waals surface area (Å²) in [6.07, 6.45) is 4.96. The van der Waals surface area contributed by atoms with Crippen molar-refractivity contribution in [1.29, 1.82) is 0 Å². The molecule has 25 heavy (non-hydrogen) atoms. The second-order valence-electron chi connectivity index (χ2n) is 7.32. The van der Waals surface area contributed by atoms with Crippen molar-refractivity contribution < 1.29 is 17.9 Å². The van der Waals surface area contributed by atoms with Crippen molar-refractivity contribution in [3.8, 4) is 0 Å². The summed E-state index contributed by atoms with van der Waals surface area (Å²) in [4.78, 5) is 12.2. The molecule has 9 heteroatoms. The molecule has 0 bridgehead atoms. The zero-order valence-electron chi connectivity index (χ0n) is 14.7. The molecule has 2 atom stereocenters. The van der Waals surface area contributed by atoms with E-state index < -0.39 is 10.2 Å². The molecule has 0 aromatic carbocycles. The quantitative estimate of drug-likeness (QED) is 0.685. The number of hydrogen-bond donors (Lipinski definition) is 2. The van der Waals surface area contributed by atoms with Crippen LogP contribution in [0.15, 0.2) is 0 Å². The van der Waals surface area contributed by atoms with Crippen molar-refractivity contribution in [1.82, 2.24) is 13.9 Å². The number of ether oxygens (including phenoxy) is 1. The Kier molecular flexibility index (Phi) is 6.32. The summed E-state index contributed by atoms with van der Waals surface area (Å²) >= 11 is 0. The predicted octanol–water partition coefficient (Wildman–Crippen LogP) is -0.338. The highest BCUT2D eigenvalue weighted by atomic mass is 32.2. The zero-order valence-corrected chi connectivity index (χ0v) is 15.5. The summed E-state index contributed by atoms with van der Waals surface area (Å²) in [5, 5.41) is 3.07.